The zero-order valence-electron chi connectivity index (χ0n) is 11.5. The van der Waals surface area contributed by atoms with E-state index in [0.29, 0.717) is 11.5 Å². The summed E-state index contributed by atoms with van der Waals surface area (Å²) in [7, 11) is -6.47. The largest absolute Gasteiger partial charge is 0.457 e. The third kappa shape index (κ3) is 4.05. The van der Waals surface area contributed by atoms with Crippen molar-refractivity contribution in [2.24, 2.45) is 0 Å². The molecular formula is C14H14O5S2. The van der Waals surface area contributed by atoms with Crippen molar-refractivity contribution in [1.29, 1.82) is 0 Å². The number of hydrogen-bond donors (Lipinski definition) is 0. The van der Waals surface area contributed by atoms with Crippen LogP contribution in [0.2, 0.25) is 0 Å². The number of sulfone groups is 2. The molecular weight excluding hydrogens is 312 g/mol. The van der Waals surface area contributed by atoms with E-state index < -0.39 is 19.7 Å². The van der Waals surface area contributed by atoms with Crippen molar-refractivity contribution in [3.8, 4) is 11.5 Å². The average Bonchev–Trinajstić information content (AvgIpc) is 2.38. The molecule has 5 nitrogen and oxygen atoms in total. The molecule has 21 heavy (non-hydrogen) atoms. The van der Waals surface area contributed by atoms with Gasteiger partial charge in [-0.1, -0.05) is 0 Å². The monoisotopic (exact) mass is 326 g/mol. The predicted molar refractivity (Wildman–Crippen MR) is 79.2 cm³/mol. The van der Waals surface area contributed by atoms with Gasteiger partial charge < -0.3 is 4.74 Å². The number of ether oxygens (including phenoxy) is 1. The SMILES string of the molecule is CS(=O)(=O)c1ccc(Oc2ccc(S(C)(=O)=O)cc2)cc1. The second kappa shape index (κ2) is 5.50. The topological polar surface area (TPSA) is 77.5 Å². The van der Waals surface area contributed by atoms with Crippen molar-refractivity contribution in [2.75, 3.05) is 12.5 Å². The van der Waals surface area contributed by atoms with E-state index in [-0.39, 0.29) is 9.79 Å². The maximum Gasteiger partial charge on any atom is 0.175 e. The van der Waals surface area contributed by atoms with Gasteiger partial charge in [0.25, 0.3) is 0 Å². The fourth-order valence-electron chi connectivity index (χ4n) is 1.65. The highest BCUT2D eigenvalue weighted by Crippen LogP contribution is 2.24. The molecule has 112 valence electrons. The highest BCUT2D eigenvalue weighted by molar-refractivity contribution is 7.91. The molecule has 0 heterocycles. The van der Waals surface area contributed by atoms with Crippen molar-refractivity contribution >= 4 is 19.7 Å². The van der Waals surface area contributed by atoms with Gasteiger partial charge in [-0.15, -0.1) is 0 Å². The van der Waals surface area contributed by atoms with Crippen molar-refractivity contribution in [3.63, 3.8) is 0 Å². The van der Waals surface area contributed by atoms with Gasteiger partial charge in [0.1, 0.15) is 11.5 Å². The van der Waals surface area contributed by atoms with Gasteiger partial charge in [-0.3, -0.25) is 0 Å². The summed E-state index contributed by atoms with van der Waals surface area (Å²) in [6.45, 7) is 0. The first-order chi connectivity index (χ1) is 9.66. The van der Waals surface area contributed by atoms with Gasteiger partial charge >= 0.3 is 0 Å². The number of rotatable bonds is 4. The minimum Gasteiger partial charge on any atom is -0.457 e. The Hall–Kier alpha value is -1.86. The highest BCUT2D eigenvalue weighted by Gasteiger charge is 2.08. The van der Waals surface area contributed by atoms with Crippen LogP contribution < -0.4 is 4.74 Å². The first kappa shape index (κ1) is 15.5. The molecule has 2 aromatic carbocycles. The molecule has 0 unspecified atom stereocenters. The predicted octanol–water partition coefficient (Wildman–Crippen LogP) is 2.29. The molecule has 7 heteroatoms. The summed E-state index contributed by atoms with van der Waals surface area (Å²) in [4.78, 5) is 0.421. The van der Waals surface area contributed by atoms with E-state index in [1.165, 1.54) is 24.3 Å². The van der Waals surface area contributed by atoms with E-state index in [0.717, 1.165) is 12.5 Å². The maximum absolute atomic E-state index is 11.3. The molecule has 0 atom stereocenters. The first-order valence-electron chi connectivity index (χ1n) is 5.94. The molecule has 0 saturated heterocycles. The fourth-order valence-corrected chi connectivity index (χ4v) is 2.91. The molecule has 2 rings (SSSR count). The van der Waals surface area contributed by atoms with E-state index in [4.69, 9.17) is 4.74 Å². The van der Waals surface area contributed by atoms with Crippen LogP contribution in [0.25, 0.3) is 0 Å². The molecule has 0 aliphatic carbocycles. The molecule has 0 radical (unpaired) electrons. The van der Waals surface area contributed by atoms with E-state index in [1.807, 2.05) is 0 Å². The first-order valence-corrected chi connectivity index (χ1v) is 9.73. The molecule has 0 amide bonds. The highest BCUT2D eigenvalue weighted by atomic mass is 32.2. The third-order valence-corrected chi connectivity index (χ3v) is 5.00. The Labute approximate surface area is 124 Å². The number of hydrogen-bond acceptors (Lipinski definition) is 5. The second-order valence-corrected chi connectivity index (χ2v) is 8.62. The van der Waals surface area contributed by atoms with E-state index in [1.54, 1.807) is 24.3 Å². The Bertz CT molecular complexity index is 760. The summed E-state index contributed by atoms with van der Waals surface area (Å²) in [6.07, 6.45) is 2.26. The zero-order chi connectivity index (χ0) is 15.7. The minimum atomic E-state index is -3.24. The Morgan fingerprint density at radius 2 is 0.905 bits per heavy atom. The standard InChI is InChI=1S/C14H14O5S2/c1-20(15,16)13-7-3-11(4-8-13)19-12-5-9-14(10-6-12)21(2,17)18/h3-10H,1-2H3. The van der Waals surface area contributed by atoms with Gasteiger partial charge in [0.05, 0.1) is 9.79 Å². The fraction of sp³-hybridized carbons (Fsp3) is 0.143. The van der Waals surface area contributed by atoms with E-state index in [9.17, 15) is 16.8 Å². The van der Waals surface area contributed by atoms with Crippen LogP contribution in [0, 0.1) is 0 Å². The van der Waals surface area contributed by atoms with E-state index >= 15 is 0 Å². The van der Waals surface area contributed by atoms with Gasteiger partial charge in [0.15, 0.2) is 19.7 Å². The van der Waals surface area contributed by atoms with Crippen molar-refractivity contribution in [1.82, 2.24) is 0 Å². The summed E-state index contributed by atoms with van der Waals surface area (Å²) >= 11 is 0. The molecule has 0 aromatic heterocycles. The van der Waals surface area contributed by atoms with Gasteiger partial charge in [0, 0.05) is 12.5 Å². The lowest BCUT2D eigenvalue weighted by atomic mass is 10.3. The smallest absolute Gasteiger partial charge is 0.175 e. The quantitative estimate of drug-likeness (QED) is 0.861. The maximum atomic E-state index is 11.3. The van der Waals surface area contributed by atoms with Crippen LogP contribution in [0.5, 0.6) is 11.5 Å². The van der Waals surface area contributed by atoms with Crippen LogP contribution in [-0.2, 0) is 19.7 Å². The second-order valence-electron chi connectivity index (χ2n) is 4.59. The normalized spacial score (nSPS) is 12.1. The van der Waals surface area contributed by atoms with Gasteiger partial charge in [-0.05, 0) is 48.5 Å². The summed E-state index contributed by atoms with van der Waals surface area (Å²) in [5.74, 6) is 0.934. The molecule has 0 spiro atoms. The summed E-state index contributed by atoms with van der Waals surface area (Å²) in [6, 6.07) is 12.0. The minimum absolute atomic E-state index is 0.210. The van der Waals surface area contributed by atoms with Gasteiger partial charge in [-0.25, -0.2) is 16.8 Å². The lowest BCUT2D eigenvalue weighted by molar-refractivity contribution is 0.481. The summed E-state index contributed by atoms with van der Waals surface area (Å²) in [5, 5.41) is 0. The molecule has 0 fully saturated rings. The van der Waals surface area contributed by atoms with Gasteiger partial charge in [0.2, 0.25) is 0 Å². The summed E-state index contributed by atoms with van der Waals surface area (Å²) in [5.41, 5.74) is 0. The molecule has 0 aliphatic heterocycles. The Morgan fingerprint density at radius 3 is 1.14 bits per heavy atom. The molecule has 2 aromatic rings. The molecule has 0 aliphatic rings. The van der Waals surface area contributed by atoms with Crippen LogP contribution in [0.3, 0.4) is 0 Å². The lowest BCUT2D eigenvalue weighted by Gasteiger charge is -2.07. The van der Waals surface area contributed by atoms with Crippen LogP contribution in [0.1, 0.15) is 0 Å². The van der Waals surface area contributed by atoms with Crippen LogP contribution >= 0.6 is 0 Å². The zero-order valence-corrected chi connectivity index (χ0v) is 13.1. The van der Waals surface area contributed by atoms with Crippen LogP contribution in [0.15, 0.2) is 58.3 Å². The van der Waals surface area contributed by atoms with Gasteiger partial charge in [-0.2, -0.15) is 0 Å². The Morgan fingerprint density at radius 1 is 0.619 bits per heavy atom. The molecule has 0 saturated carbocycles. The lowest BCUT2D eigenvalue weighted by Crippen LogP contribution is -1.97. The van der Waals surface area contributed by atoms with E-state index in [2.05, 4.69) is 0 Å². The average molecular weight is 326 g/mol. The van der Waals surface area contributed by atoms with Crippen molar-refractivity contribution in [3.05, 3.63) is 48.5 Å². The molecule has 0 N–H and O–H groups in total. The van der Waals surface area contributed by atoms with Crippen LogP contribution in [-0.4, -0.2) is 29.3 Å². The summed E-state index contributed by atoms with van der Waals surface area (Å²) < 4.78 is 50.9. The Kier molecular flexibility index (Phi) is 4.06. The van der Waals surface area contributed by atoms with Crippen LogP contribution in [0.4, 0.5) is 0 Å². The number of benzene rings is 2. The third-order valence-electron chi connectivity index (χ3n) is 2.74. The van der Waals surface area contributed by atoms with Crippen molar-refractivity contribution < 1.29 is 21.6 Å². The molecule has 0 bridgehead atoms. The Balaban J connectivity index is 2.19. The van der Waals surface area contributed by atoms with Crippen molar-refractivity contribution in [2.45, 2.75) is 9.79 Å².